The number of amides is 1. The monoisotopic (exact) mass is 222 g/mol. The van der Waals surface area contributed by atoms with Crippen LogP contribution in [0.5, 0.6) is 0 Å². The quantitative estimate of drug-likeness (QED) is 0.573. The Balaban J connectivity index is 2.34. The average Bonchev–Trinajstić information content (AvgIpc) is 2.28. The van der Waals surface area contributed by atoms with Crippen molar-refractivity contribution in [1.82, 2.24) is 10.2 Å². The van der Waals surface area contributed by atoms with Crippen molar-refractivity contribution in [3.05, 3.63) is 0 Å². The first kappa shape index (κ1) is 13.1. The highest BCUT2D eigenvalue weighted by atomic mass is 16.2. The van der Waals surface area contributed by atoms with Gasteiger partial charge in [0.2, 0.25) is 5.91 Å². The normalized spacial score (nSPS) is 24.8. The van der Waals surface area contributed by atoms with Crippen molar-refractivity contribution in [2.75, 3.05) is 20.1 Å². The van der Waals surface area contributed by atoms with Gasteiger partial charge in [-0.2, -0.15) is 0 Å². The Morgan fingerprint density at radius 3 is 2.94 bits per heavy atom. The number of rotatable bonds is 4. The standard InChI is InChI=1S/C13H22N2O/c1-4-8-14-10-13(16)15(3)12-7-5-6-11(2)9-12/h1,11-12,14H,5-10H2,2-3H3. The zero-order chi connectivity index (χ0) is 12.0. The molecule has 3 heteroatoms. The summed E-state index contributed by atoms with van der Waals surface area (Å²) in [5.41, 5.74) is 0. The van der Waals surface area contributed by atoms with E-state index in [9.17, 15) is 4.79 Å². The molecular weight excluding hydrogens is 200 g/mol. The van der Waals surface area contributed by atoms with E-state index in [0.29, 0.717) is 19.1 Å². The third kappa shape index (κ3) is 3.86. The van der Waals surface area contributed by atoms with Crippen LogP contribution in [0.15, 0.2) is 0 Å². The highest BCUT2D eigenvalue weighted by molar-refractivity contribution is 5.78. The lowest BCUT2D eigenvalue weighted by Crippen LogP contribution is -2.43. The molecule has 1 N–H and O–H groups in total. The molecule has 0 aromatic carbocycles. The first-order valence-electron chi connectivity index (χ1n) is 6.05. The minimum absolute atomic E-state index is 0.148. The lowest BCUT2D eigenvalue weighted by Gasteiger charge is -2.34. The molecule has 0 aromatic rings. The number of carbonyl (C=O) groups excluding carboxylic acids is 1. The Hall–Kier alpha value is -1.01. The first-order chi connectivity index (χ1) is 7.65. The summed E-state index contributed by atoms with van der Waals surface area (Å²) in [7, 11) is 1.91. The molecule has 1 rings (SSSR count). The van der Waals surface area contributed by atoms with Gasteiger partial charge in [-0.3, -0.25) is 10.1 Å². The van der Waals surface area contributed by atoms with Crippen LogP contribution in [0.25, 0.3) is 0 Å². The summed E-state index contributed by atoms with van der Waals surface area (Å²) in [4.78, 5) is 13.7. The fourth-order valence-electron chi connectivity index (χ4n) is 2.32. The fourth-order valence-corrected chi connectivity index (χ4v) is 2.32. The van der Waals surface area contributed by atoms with E-state index in [1.165, 1.54) is 12.8 Å². The zero-order valence-electron chi connectivity index (χ0n) is 10.3. The van der Waals surface area contributed by atoms with E-state index in [1.54, 1.807) is 0 Å². The number of carbonyl (C=O) groups is 1. The van der Waals surface area contributed by atoms with Crippen molar-refractivity contribution in [1.29, 1.82) is 0 Å². The van der Waals surface area contributed by atoms with Gasteiger partial charge in [0.05, 0.1) is 13.1 Å². The summed E-state index contributed by atoms with van der Waals surface area (Å²) in [6.07, 6.45) is 9.93. The maximum atomic E-state index is 11.8. The lowest BCUT2D eigenvalue weighted by atomic mass is 9.86. The third-order valence-corrected chi connectivity index (χ3v) is 3.35. The predicted molar refractivity (Wildman–Crippen MR) is 65.9 cm³/mol. The summed E-state index contributed by atoms with van der Waals surface area (Å²) >= 11 is 0. The molecule has 1 fully saturated rings. The molecule has 0 aliphatic heterocycles. The Labute approximate surface area is 98.6 Å². The van der Waals surface area contributed by atoms with Gasteiger partial charge in [0.1, 0.15) is 0 Å². The van der Waals surface area contributed by atoms with Crippen molar-refractivity contribution < 1.29 is 4.79 Å². The van der Waals surface area contributed by atoms with E-state index in [-0.39, 0.29) is 5.91 Å². The van der Waals surface area contributed by atoms with E-state index in [4.69, 9.17) is 6.42 Å². The fraction of sp³-hybridized carbons (Fsp3) is 0.769. The Morgan fingerprint density at radius 2 is 2.31 bits per heavy atom. The SMILES string of the molecule is C#CCNCC(=O)N(C)C1CCCC(C)C1. The molecule has 0 radical (unpaired) electrons. The first-order valence-corrected chi connectivity index (χ1v) is 6.05. The van der Waals surface area contributed by atoms with Crippen LogP contribution in [0.4, 0.5) is 0 Å². The van der Waals surface area contributed by atoms with Gasteiger partial charge in [-0.25, -0.2) is 0 Å². The number of hydrogen-bond acceptors (Lipinski definition) is 2. The number of likely N-dealkylation sites (N-methyl/N-ethyl adjacent to an activating group) is 1. The molecule has 1 saturated carbocycles. The van der Waals surface area contributed by atoms with Gasteiger partial charge in [-0.1, -0.05) is 25.7 Å². The van der Waals surface area contributed by atoms with Crippen LogP contribution in [0, 0.1) is 18.3 Å². The molecule has 0 bridgehead atoms. The minimum Gasteiger partial charge on any atom is -0.342 e. The average molecular weight is 222 g/mol. The highest BCUT2D eigenvalue weighted by Crippen LogP contribution is 2.26. The van der Waals surface area contributed by atoms with E-state index in [2.05, 4.69) is 18.2 Å². The molecule has 1 amide bonds. The lowest BCUT2D eigenvalue weighted by molar-refractivity contribution is -0.131. The molecule has 3 nitrogen and oxygen atoms in total. The molecule has 90 valence electrons. The van der Waals surface area contributed by atoms with Gasteiger partial charge in [-0.15, -0.1) is 6.42 Å². The van der Waals surface area contributed by atoms with E-state index in [0.717, 1.165) is 18.8 Å². The summed E-state index contributed by atoms with van der Waals surface area (Å²) in [5, 5.41) is 2.94. The molecule has 2 atom stereocenters. The van der Waals surface area contributed by atoms with Gasteiger partial charge in [-0.05, 0) is 18.8 Å². The number of hydrogen-bond donors (Lipinski definition) is 1. The van der Waals surface area contributed by atoms with Gasteiger partial charge in [0, 0.05) is 13.1 Å². The predicted octanol–water partition coefficient (Wildman–Crippen LogP) is 1.25. The van der Waals surface area contributed by atoms with Crippen molar-refractivity contribution in [2.45, 2.75) is 38.6 Å². The van der Waals surface area contributed by atoms with Crippen molar-refractivity contribution in [3.8, 4) is 12.3 Å². The number of nitrogens with one attached hydrogen (secondary N) is 1. The number of nitrogens with zero attached hydrogens (tertiary/aromatic N) is 1. The molecule has 2 unspecified atom stereocenters. The van der Waals surface area contributed by atoms with Gasteiger partial charge in [0.25, 0.3) is 0 Å². The summed E-state index contributed by atoms with van der Waals surface area (Å²) in [6, 6.07) is 0.420. The van der Waals surface area contributed by atoms with Crippen LogP contribution in [-0.4, -0.2) is 37.0 Å². The molecule has 1 aliphatic rings. The maximum Gasteiger partial charge on any atom is 0.236 e. The Kier molecular flexibility index (Phi) is 5.34. The van der Waals surface area contributed by atoms with Gasteiger partial charge < -0.3 is 4.90 Å². The second-order valence-corrected chi connectivity index (χ2v) is 4.74. The molecule has 0 heterocycles. The van der Waals surface area contributed by atoms with Crippen LogP contribution in [0.2, 0.25) is 0 Å². The molecule has 16 heavy (non-hydrogen) atoms. The Morgan fingerprint density at radius 1 is 1.56 bits per heavy atom. The minimum atomic E-state index is 0.148. The van der Waals surface area contributed by atoms with E-state index >= 15 is 0 Å². The van der Waals surface area contributed by atoms with Gasteiger partial charge in [0.15, 0.2) is 0 Å². The highest BCUT2D eigenvalue weighted by Gasteiger charge is 2.24. The van der Waals surface area contributed by atoms with Crippen molar-refractivity contribution >= 4 is 5.91 Å². The smallest absolute Gasteiger partial charge is 0.236 e. The second-order valence-electron chi connectivity index (χ2n) is 4.74. The van der Waals surface area contributed by atoms with E-state index < -0.39 is 0 Å². The zero-order valence-corrected chi connectivity index (χ0v) is 10.3. The largest absolute Gasteiger partial charge is 0.342 e. The topological polar surface area (TPSA) is 32.3 Å². The van der Waals surface area contributed by atoms with E-state index in [1.807, 2.05) is 11.9 Å². The third-order valence-electron chi connectivity index (χ3n) is 3.35. The number of terminal acetylenes is 1. The van der Waals surface area contributed by atoms with Crippen LogP contribution in [0.1, 0.15) is 32.6 Å². The van der Waals surface area contributed by atoms with Crippen LogP contribution in [-0.2, 0) is 4.79 Å². The second kappa shape index (κ2) is 6.55. The summed E-state index contributed by atoms with van der Waals surface area (Å²) in [6.45, 7) is 3.08. The maximum absolute atomic E-state index is 11.8. The molecule has 0 aromatic heterocycles. The van der Waals surface area contributed by atoms with Crippen LogP contribution < -0.4 is 5.32 Å². The van der Waals surface area contributed by atoms with Crippen molar-refractivity contribution in [2.24, 2.45) is 5.92 Å². The van der Waals surface area contributed by atoms with Gasteiger partial charge >= 0.3 is 0 Å². The van der Waals surface area contributed by atoms with Crippen LogP contribution >= 0.6 is 0 Å². The molecule has 0 saturated heterocycles. The van der Waals surface area contributed by atoms with Crippen LogP contribution in [0.3, 0.4) is 0 Å². The molecular formula is C13H22N2O. The molecule has 1 aliphatic carbocycles. The summed E-state index contributed by atoms with van der Waals surface area (Å²) < 4.78 is 0. The summed E-state index contributed by atoms with van der Waals surface area (Å²) in [5.74, 6) is 3.36. The Bertz CT molecular complexity index is 270. The van der Waals surface area contributed by atoms with Crippen molar-refractivity contribution in [3.63, 3.8) is 0 Å². The molecule has 0 spiro atoms.